The van der Waals surface area contributed by atoms with Gasteiger partial charge in [0.05, 0.1) is 12.3 Å². The van der Waals surface area contributed by atoms with Gasteiger partial charge in [-0.1, -0.05) is 35.9 Å². The number of furan rings is 1. The third-order valence-electron chi connectivity index (χ3n) is 2.48. The molecule has 0 radical (unpaired) electrons. The molecule has 88 valence electrons. The maximum atomic E-state index is 5.96. The van der Waals surface area contributed by atoms with Crippen LogP contribution in [0.5, 0.6) is 0 Å². The van der Waals surface area contributed by atoms with E-state index >= 15 is 0 Å². The van der Waals surface area contributed by atoms with Crippen LogP contribution in [0.4, 0.5) is 0 Å². The van der Waals surface area contributed by atoms with Crippen molar-refractivity contribution in [3.05, 3.63) is 65.1 Å². The second kappa shape index (κ2) is 5.71. The molecule has 1 atom stereocenters. The van der Waals surface area contributed by atoms with E-state index in [1.165, 1.54) is 0 Å². The van der Waals surface area contributed by atoms with E-state index in [4.69, 9.17) is 21.8 Å². The SMILES string of the molecule is NC(C/C=C/c1ccc(Cl)cc1)c1ccco1. The molecule has 1 heterocycles. The molecule has 1 unspecified atom stereocenters. The average Bonchev–Trinajstić information content (AvgIpc) is 2.85. The van der Waals surface area contributed by atoms with Gasteiger partial charge in [0.1, 0.15) is 5.76 Å². The van der Waals surface area contributed by atoms with Gasteiger partial charge in [-0.3, -0.25) is 0 Å². The van der Waals surface area contributed by atoms with Crippen LogP contribution < -0.4 is 5.73 Å². The summed E-state index contributed by atoms with van der Waals surface area (Å²) in [5, 5.41) is 0.745. The maximum Gasteiger partial charge on any atom is 0.120 e. The smallest absolute Gasteiger partial charge is 0.120 e. The number of hydrogen-bond acceptors (Lipinski definition) is 2. The summed E-state index contributed by atoms with van der Waals surface area (Å²) in [6.07, 6.45) is 6.45. The molecule has 17 heavy (non-hydrogen) atoms. The van der Waals surface area contributed by atoms with Crippen LogP contribution in [-0.4, -0.2) is 0 Å². The van der Waals surface area contributed by atoms with Crippen LogP contribution >= 0.6 is 11.6 Å². The van der Waals surface area contributed by atoms with Crippen LogP contribution in [0.25, 0.3) is 6.08 Å². The molecule has 2 rings (SSSR count). The van der Waals surface area contributed by atoms with Crippen LogP contribution in [0.15, 0.2) is 53.2 Å². The van der Waals surface area contributed by atoms with Gasteiger partial charge < -0.3 is 10.2 Å². The van der Waals surface area contributed by atoms with E-state index in [2.05, 4.69) is 0 Å². The van der Waals surface area contributed by atoms with Crippen molar-refractivity contribution in [3.63, 3.8) is 0 Å². The molecule has 0 spiro atoms. The molecule has 0 bridgehead atoms. The lowest BCUT2D eigenvalue weighted by molar-refractivity contribution is 0.468. The highest BCUT2D eigenvalue weighted by Gasteiger charge is 2.05. The molecule has 0 aliphatic rings. The van der Waals surface area contributed by atoms with Gasteiger partial charge in [0.15, 0.2) is 0 Å². The first-order valence-corrected chi connectivity index (χ1v) is 5.84. The molecule has 0 aliphatic carbocycles. The third kappa shape index (κ3) is 3.48. The Morgan fingerprint density at radius 2 is 2.00 bits per heavy atom. The molecule has 0 amide bonds. The summed E-state index contributed by atoms with van der Waals surface area (Å²) in [6.45, 7) is 0. The Kier molecular flexibility index (Phi) is 4.02. The molecule has 3 heteroatoms. The normalized spacial score (nSPS) is 13.1. The molecule has 0 saturated heterocycles. The number of benzene rings is 1. The quantitative estimate of drug-likeness (QED) is 0.886. The minimum absolute atomic E-state index is 0.0893. The Morgan fingerprint density at radius 3 is 2.65 bits per heavy atom. The Balaban J connectivity index is 1.91. The van der Waals surface area contributed by atoms with Crippen molar-refractivity contribution in [3.8, 4) is 0 Å². The second-order valence-corrected chi connectivity index (χ2v) is 4.25. The number of nitrogens with two attached hydrogens (primary N) is 1. The molecule has 2 nitrogen and oxygen atoms in total. The molecule has 2 aromatic rings. The summed E-state index contributed by atoms with van der Waals surface area (Å²) in [5.74, 6) is 0.811. The predicted octanol–water partition coefficient (Wildman–Crippen LogP) is 4.04. The topological polar surface area (TPSA) is 39.2 Å². The zero-order valence-corrected chi connectivity index (χ0v) is 10.1. The monoisotopic (exact) mass is 247 g/mol. The van der Waals surface area contributed by atoms with Crippen molar-refractivity contribution < 1.29 is 4.42 Å². The summed E-state index contributed by atoms with van der Waals surface area (Å²) in [5.41, 5.74) is 7.07. The highest BCUT2D eigenvalue weighted by molar-refractivity contribution is 6.30. The van der Waals surface area contributed by atoms with Gasteiger partial charge in [-0.2, -0.15) is 0 Å². The van der Waals surface area contributed by atoms with Crippen LogP contribution in [0, 0.1) is 0 Å². The van der Waals surface area contributed by atoms with Crippen molar-refractivity contribution in [2.45, 2.75) is 12.5 Å². The summed E-state index contributed by atoms with van der Waals surface area (Å²) < 4.78 is 5.24. The minimum atomic E-state index is -0.0893. The molecule has 0 aliphatic heterocycles. The fraction of sp³-hybridized carbons (Fsp3) is 0.143. The molecule has 1 aromatic heterocycles. The zero-order chi connectivity index (χ0) is 12.1. The van der Waals surface area contributed by atoms with Crippen molar-refractivity contribution in [2.75, 3.05) is 0 Å². The summed E-state index contributed by atoms with van der Waals surface area (Å²) in [6, 6.07) is 11.3. The predicted molar refractivity (Wildman–Crippen MR) is 70.7 cm³/mol. The van der Waals surface area contributed by atoms with Crippen molar-refractivity contribution in [1.29, 1.82) is 0 Å². The first-order chi connectivity index (χ1) is 8.25. The van der Waals surface area contributed by atoms with E-state index in [0.717, 1.165) is 22.8 Å². The largest absolute Gasteiger partial charge is 0.468 e. The van der Waals surface area contributed by atoms with Crippen molar-refractivity contribution in [1.82, 2.24) is 0 Å². The Hall–Kier alpha value is -1.51. The average molecular weight is 248 g/mol. The maximum absolute atomic E-state index is 5.96. The van der Waals surface area contributed by atoms with E-state index in [1.54, 1.807) is 6.26 Å². The highest BCUT2D eigenvalue weighted by atomic mass is 35.5. The van der Waals surface area contributed by atoms with E-state index in [-0.39, 0.29) is 6.04 Å². The lowest BCUT2D eigenvalue weighted by Crippen LogP contribution is -2.07. The van der Waals surface area contributed by atoms with Gasteiger partial charge in [0.2, 0.25) is 0 Å². The summed E-state index contributed by atoms with van der Waals surface area (Å²) in [7, 11) is 0. The lowest BCUT2D eigenvalue weighted by Gasteiger charge is -2.04. The highest BCUT2D eigenvalue weighted by Crippen LogP contribution is 2.16. The Bertz CT molecular complexity index is 473. The first-order valence-electron chi connectivity index (χ1n) is 5.47. The van der Waals surface area contributed by atoms with Crippen LogP contribution in [0.2, 0.25) is 5.02 Å². The van der Waals surface area contributed by atoms with E-state index < -0.39 is 0 Å². The molecule has 1 aromatic carbocycles. The van der Waals surface area contributed by atoms with E-state index in [0.29, 0.717) is 0 Å². The lowest BCUT2D eigenvalue weighted by atomic mass is 10.1. The van der Waals surface area contributed by atoms with Crippen LogP contribution in [0.3, 0.4) is 0 Å². The van der Waals surface area contributed by atoms with Crippen LogP contribution in [-0.2, 0) is 0 Å². The van der Waals surface area contributed by atoms with Crippen LogP contribution in [0.1, 0.15) is 23.8 Å². The third-order valence-corrected chi connectivity index (χ3v) is 2.73. The number of hydrogen-bond donors (Lipinski definition) is 1. The second-order valence-electron chi connectivity index (χ2n) is 3.81. The fourth-order valence-electron chi connectivity index (χ4n) is 1.54. The van der Waals surface area contributed by atoms with Gasteiger partial charge >= 0.3 is 0 Å². The van der Waals surface area contributed by atoms with Crippen molar-refractivity contribution >= 4 is 17.7 Å². The molecular formula is C14H14ClNO. The van der Waals surface area contributed by atoms with Gasteiger partial charge in [-0.15, -0.1) is 0 Å². The van der Waals surface area contributed by atoms with Gasteiger partial charge in [-0.25, -0.2) is 0 Å². The Morgan fingerprint density at radius 1 is 1.24 bits per heavy atom. The summed E-state index contributed by atoms with van der Waals surface area (Å²) in [4.78, 5) is 0. The van der Waals surface area contributed by atoms with Gasteiger partial charge in [0, 0.05) is 5.02 Å². The molecule has 2 N–H and O–H groups in total. The molecule has 0 fully saturated rings. The van der Waals surface area contributed by atoms with Crippen molar-refractivity contribution in [2.24, 2.45) is 5.73 Å². The minimum Gasteiger partial charge on any atom is -0.468 e. The van der Waals surface area contributed by atoms with E-state index in [9.17, 15) is 0 Å². The Labute approximate surface area is 106 Å². The number of rotatable bonds is 4. The molecule has 0 saturated carbocycles. The zero-order valence-electron chi connectivity index (χ0n) is 9.34. The van der Waals surface area contributed by atoms with Gasteiger partial charge in [-0.05, 0) is 36.2 Å². The number of halogens is 1. The standard InChI is InChI=1S/C14H14ClNO/c15-12-8-6-11(7-9-12)3-1-4-13(16)14-5-2-10-17-14/h1-3,5-10,13H,4,16H2/b3-1+. The first kappa shape index (κ1) is 12.0. The molecular weight excluding hydrogens is 234 g/mol. The van der Waals surface area contributed by atoms with Gasteiger partial charge in [0.25, 0.3) is 0 Å². The fourth-order valence-corrected chi connectivity index (χ4v) is 1.67. The summed E-state index contributed by atoms with van der Waals surface area (Å²) >= 11 is 5.81. The van der Waals surface area contributed by atoms with E-state index in [1.807, 2.05) is 48.6 Å².